The van der Waals surface area contributed by atoms with Crippen LogP contribution in [0.5, 0.6) is 0 Å². The Kier molecular flexibility index (Phi) is 45.7. The molecule has 0 amide bonds. The van der Waals surface area contributed by atoms with Crippen molar-refractivity contribution in [3.63, 3.8) is 0 Å². The van der Waals surface area contributed by atoms with Crippen LogP contribution >= 0.6 is 0 Å². The van der Waals surface area contributed by atoms with E-state index in [0.717, 1.165) is 96.3 Å². The van der Waals surface area contributed by atoms with E-state index < -0.39 is 6.10 Å². The van der Waals surface area contributed by atoms with Gasteiger partial charge in [0.25, 0.3) is 0 Å². The van der Waals surface area contributed by atoms with Crippen molar-refractivity contribution >= 4 is 17.9 Å². The third kappa shape index (κ3) is 46.6. The van der Waals surface area contributed by atoms with Gasteiger partial charge in [-0.25, -0.2) is 0 Å². The molecule has 0 aromatic heterocycles. The van der Waals surface area contributed by atoms with E-state index in [-0.39, 0.29) is 44.0 Å². The van der Waals surface area contributed by atoms with Crippen LogP contribution in [0.2, 0.25) is 0 Å². The topological polar surface area (TPSA) is 78.9 Å². The molecular weight excluding hydrogens is 769 g/mol. The largest absolute Gasteiger partial charge is 0.462 e. The van der Waals surface area contributed by atoms with Gasteiger partial charge in [0.1, 0.15) is 13.2 Å². The van der Waals surface area contributed by atoms with Crippen molar-refractivity contribution in [1.82, 2.24) is 0 Å². The van der Waals surface area contributed by atoms with E-state index in [0.29, 0.717) is 19.3 Å². The molecule has 62 heavy (non-hydrogen) atoms. The molecule has 0 aromatic carbocycles. The number of unbranched alkanes of at least 4 members (excludes halogenated alkanes) is 12. The molecule has 0 aromatic rings. The summed E-state index contributed by atoms with van der Waals surface area (Å²) in [5, 5.41) is 0. The van der Waals surface area contributed by atoms with Crippen LogP contribution in [0.3, 0.4) is 0 Å². The van der Waals surface area contributed by atoms with Crippen LogP contribution in [0, 0.1) is 0 Å². The Morgan fingerprint density at radius 3 is 1.27 bits per heavy atom. The molecule has 346 valence electrons. The van der Waals surface area contributed by atoms with Gasteiger partial charge < -0.3 is 14.2 Å². The zero-order chi connectivity index (χ0) is 45.1. The monoisotopic (exact) mass is 855 g/mol. The number of carbonyl (C=O) groups excluding carboxylic acids is 3. The molecule has 1 atom stereocenters. The van der Waals surface area contributed by atoms with E-state index in [1.807, 2.05) is 36.5 Å². The molecule has 0 spiro atoms. The molecule has 0 radical (unpaired) electrons. The smallest absolute Gasteiger partial charge is 0.306 e. The standard InChI is InChI=1S/C56H86O6/c1-4-7-10-13-16-19-21-23-25-27-29-30-32-34-37-40-43-46-49-55(58)61-52-53(51-60-54(57)48-45-42-39-36-18-15-12-9-6-3)62-56(59)50-47-44-41-38-35-33-31-28-26-24-22-20-17-14-11-8-5-2/h8,10-11,13,16-17,19-21,23-27,29-31,33,36,38-39,41,53H,4-7,9,12,14-15,18,22,28,32,34-35,37,40,42-52H2,1-3H3/b11-8-,13-10-,19-16-,20-17-,23-21-,26-24-,27-25-,30-29-,33-31-,39-36-,41-38-. The van der Waals surface area contributed by atoms with Crippen molar-refractivity contribution < 1.29 is 28.6 Å². The molecule has 1 unspecified atom stereocenters. The quantitative estimate of drug-likeness (QED) is 0.0200. The van der Waals surface area contributed by atoms with Crippen molar-refractivity contribution in [2.45, 2.75) is 187 Å². The summed E-state index contributed by atoms with van der Waals surface area (Å²) < 4.78 is 16.6. The molecule has 0 aliphatic heterocycles. The normalized spacial score (nSPS) is 13.3. The van der Waals surface area contributed by atoms with Crippen molar-refractivity contribution in [3.05, 3.63) is 134 Å². The number of rotatable bonds is 41. The lowest BCUT2D eigenvalue weighted by molar-refractivity contribution is -0.167. The highest BCUT2D eigenvalue weighted by atomic mass is 16.6. The molecule has 0 heterocycles. The Morgan fingerprint density at radius 2 is 0.742 bits per heavy atom. The molecule has 0 bridgehead atoms. The second kappa shape index (κ2) is 49.2. The zero-order valence-electron chi connectivity index (χ0n) is 39.3. The third-order valence-electron chi connectivity index (χ3n) is 9.47. The van der Waals surface area contributed by atoms with Crippen molar-refractivity contribution in [1.29, 1.82) is 0 Å². The van der Waals surface area contributed by atoms with Crippen LogP contribution in [-0.2, 0) is 28.6 Å². The van der Waals surface area contributed by atoms with Crippen molar-refractivity contribution in [3.8, 4) is 0 Å². The molecule has 0 saturated carbocycles. The number of hydrogen-bond donors (Lipinski definition) is 0. The van der Waals surface area contributed by atoms with Crippen LogP contribution in [0.4, 0.5) is 0 Å². The molecule has 6 heteroatoms. The fraction of sp³-hybridized carbons (Fsp3) is 0.554. The Morgan fingerprint density at radius 1 is 0.355 bits per heavy atom. The Labute approximate surface area is 379 Å². The van der Waals surface area contributed by atoms with Gasteiger partial charge in [0.05, 0.1) is 0 Å². The van der Waals surface area contributed by atoms with Crippen molar-refractivity contribution in [2.75, 3.05) is 13.2 Å². The van der Waals surface area contributed by atoms with Crippen LogP contribution in [-0.4, -0.2) is 37.2 Å². The lowest BCUT2D eigenvalue weighted by atomic mass is 10.1. The van der Waals surface area contributed by atoms with Crippen LogP contribution in [0.15, 0.2) is 134 Å². The fourth-order valence-corrected chi connectivity index (χ4v) is 5.86. The van der Waals surface area contributed by atoms with E-state index in [2.05, 4.69) is 118 Å². The number of esters is 3. The van der Waals surface area contributed by atoms with Gasteiger partial charge in [-0.1, -0.05) is 199 Å². The zero-order valence-corrected chi connectivity index (χ0v) is 39.3. The lowest BCUT2D eigenvalue weighted by Crippen LogP contribution is -2.30. The minimum Gasteiger partial charge on any atom is -0.462 e. The summed E-state index contributed by atoms with van der Waals surface area (Å²) >= 11 is 0. The highest BCUT2D eigenvalue weighted by molar-refractivity contribution is 5.71. The fourth-order valence-electron chi connectivity index (χ4n) is 5.86. The van der Waals surface area contributed by atoms with Crippen LogP contribution < -0.4 is 0 Å². The van der Waals surface area contributed by atoms with E-state index in [1.54, 1.807) is 0 Å². The van der Waals surface area contributed by atoms with Gasteiger partial charge in [0, 0.05) is 19.3 Å². The Hall–Kier alpha value is -4.45. The highest BCUT2D eigenvalue weighted by Crippen LogP contribution is 2.11. The summed E-state index contributed by atoms with van der Waals surface area (Å²) in [5.74, 6) is -1.06. The summed E-state index contributed by atoms with van der Waals surface area (Å²) in [6, 6.07) is 0. The minimum absolute atomic E-state index is 0.128. The summed E-state index contributed by atoms with van der Waals surface area (Å²) in [5.41, 5.74) is 0. The van der Waals surface area contributed by atoms with E-state index in [9.17, 15) is 14.4 Å². The second-order valence-corrected chi connectivity index (χ2v) is 15.4. The molecule has 6 nitrogen and oxygen atoms in total. The molecule has 0 N–H and O–H groups in total. The van der Waals surface area contributed by atoms with Crippen LogP contribution in [0.1, 0.15) is 181 Å². The maximum Gasteiger partial charge on any atom is 0.306 e. The van der Waals surface area contributed by atoms with Gasteiger partial charge in [0.2, 0.25) is 0 Å². The first kappa shape index (κ1) is 57.5. The third-order valence-corrected chi connectivity index (χ3v) is 9.47. The van der Waals surface area contributed by atoms with Crippen LogP contribution in [0.25, 0.3) is 0 Å². The number of ether oxygens (including phenoxy) is 3. The first-order chi connectivity index (χ1) is 30.5. The molecular formula is C56H86O6. The first-order valence-electron chi connectivity index (χ1n) is 24.3. The summed E-state index contributed by atoms with van der Waals surface area (Å²) in [6.07, 6.45) is 68.7. The number of hydrogen-bond acceptors (Lipinski definition) is 6. The van der Waals surface area contributed by atoms with Gasteiger partial charge in [0.15, 0.2) is 6.10 Å². The van der Waals surface area contributed by atoms with E-state index >= 15 is 0 Å². The second-order valence-electron chi connectivity index (χ2n) is 15.4. The Bertz CT molecular complexity index is 1400. The van der Waals surface area contributed by atoms with Gasteiger partial charge in [-0.2, -0.15) is 0 Å². The maximum absolute atomic E-state index is 12.7. The average Bonchev–Trinajstić information content (AvgIpc) is 3.27. The molecule has 0 saturated heterocycles. The number of carbonyl (C=O) groups is 3. The predicted molar refractivity (Wildman–Crippen MR) is 265 cm³/mol. The van der Waals surface area contributed by atoms with Gasteiger partial charge in [-0.05, 0) is 96.3 Å². The van der Waals surface area contributed by atoms with E-state index in [1.165, 1.54) is 32.1 Å². The molecule has 0 fully saturated rings. The summed E-state index contributed by atoms with van der Waals surface area (Å²) in [6.45, 7) is 6.27. The highest BCUT2D eigenvalue weighted by Gasteiger charge is 2.19. The van der Waals surface area contributed by atoms with Gasteiger partial charge in [-0.3, -0.25) is 14.4 Å². The predicted octanol–water partition coefficient (Wildman–Crippen LogP) is 15.9. The maximum atomic E-state index is 12.7. The minimum atomic E-state index is -0.833. The van der Waals surface area contributed by atoms with E-state index in [4.69, 9.17) is 14.2 Å². The molecule has 0 rings (SSSR count). The first-order valence-corrected chi connectivity index (χ1v) is 24.3. The van der Waals surface area contributed by atoms with Gasteiger partial charge in [-0.15, -0.1) is 0 Å². The molecule has 0 aliphatic rings. The average molecular weight is 855 g/mol. The summed E-state index contributed by atoms with van der Waals surface area (Å²) in [4.78, 5) is 37.8. The SMILES string of the molecule is CC/C=C\C/C=C\C/C=C\C/C=C\C/C=C\CCCC(=O)OC(COC(=O)CCC/C=C\CCCCCC)COC(=O)CCCCCCC\C=C/C=C\C=C/C=C\C=C/CCC. The Balaban J connectivity index is 4.55. The molecule has 0 aliphatic carbocycles. The lowest BCUT2D eigenvalue weighted by Gasteiger charge is -2.18. The number of allylic oxidation sites excluding steroid dienone is 22. The van der Waals surface area contributed by atoms with Gasteiger partial charge >= 0.3 is 17.9 Å². The van der Waals surface area contributed by atoms with Crippen molar-refractivity contribution in [2.24, 2.45) is 0 Å². The summed E-state index contributed by atoms with van der Waals surface area (Å²) in [7, 11) is 0.